The van der Waals surface area contributed by atoms with E-state index in [0.717, 1.165) is 24.9 Å². The molecule has 1 rings (SSSR count). The average Bonchev–Trinajstić information content (AvgIpc) is 2.27. The lowest BCUT2D eigenvalue weighted by atomic mass is 10.0. The largest absolute Gasteiger partial charge is 0.315 e. The molecule has 3 heteroatoms. The minimum absolute atomic E-state index is 0.119. The van der Waals surface area contributed by atoms with E-state index < -0.39 is 6.43 Å². The second kappa shape index (κ2) is 6.59. The molecule has 0 saturated carbocycles. The van der Waals surface area contributed by atoms with Gasteiger partial charge in [-0.2, -0.15) is 0 Å². The van der Waals surface area contributed by atoms with E-state index in [1.165, 1.54) is 6.07 Å². The van der Waals surface area contributed by atoms with Crippen molar-refractivity contribution in [3.63, 3.8) is 0 Å². The van der Waals surface area contributed by atoms with E-state index >= 15 is 0 Å². The maximum absolute atomic E-state index is 12.5. The summed E-state index contributed by atoms with van der Waals surface area (Å²) in [6.07, 6.45) is -0.555. The minimum atomic E-state index is -2.37. The first kappa shape index (κ1) is 13.1. The number of hydrogen-bond acceptors (Lipinski definition) is 1. The van der Waals surface area contributed by atoms with E-state index in [-0.39, 0.29) is 5.56 Å². The molecule has 0 bridgehead atoms. The summed E-state index contributed by atoms with van der Waals surface area (Å²) in [6, 6.07) is 7.12. The Balaban J connectivity index is 2.50. The van der Waals surface area contributed by atoms with Crippen LogP contribution in [0.5, 0.6) is 0 Å². The molecule has 16 heavy (non-hydrogen) atoms. The Kier molecular flexibility index (Phi) is 5.39. The van der Waals surface area contributed by atoms with E-state index in [1.54, 1.807) is 12.1 Å². The van der Waals surface area contributed by atoms with Crippen molar-refractivity contribution in [1.29, 1.82) is 0 Å². The summed E-state index contributed by atoms with van der Waals surface area (Å²) in [6.45, 7) is 5.12. The van der Waals surface area contributed by atoms with Crippen molar-refractivity contribution in [2.24, 2.45) is 0 Å². The molecule has 1 aromatic carbocycles. The number of halogens is 2. The molecular weight excluding hydrogens is 208 g/mol. The normalized spacial score (nSPS) is 13.1. The Hall–Kier alpha value is -0.960. The van der Waals surface area contributed by atoms with Crippen LogP contribution in [0.15, 0.2) is 24.3 Å². The number of alkyl halides is 2. The summed E-state index contributed by atoms with van der Waals surface area (Å²) in [5.74, 6) is 0. The van der Waals surface area contributed by atoms with Gasteiger partial charge in [0, 0.05) is 11.6 Å². The van der Waals surface area contributed by atoms with Gasteiger partial charge in [-0.25, -0.2) is 8.78 Å². The van der Waals surface area contributed by atoms with E-state index in [4.69, 9.17) is 0 Å². The molecule has 1 N–H and O–H groups in total. The zero-order chi connectivity index (χ0) is 12.0. The summed E-state index contributed by atoms with van der Waals surface area (Å²) < 4.78 is 24.9. The fourth-order valence-corrected chi connectivity index (χ4v) is 1.72. The van der Waals surface area contributed by atoms with Gasteiger partial charge in [0.2, 0.25) is 0 Å². The highest BCUT2D eigenvalue weighted by Gasteiger charge is 2.07. The van der Waals surface area contributed by atoms with Gasteiger partial charge in [-0.05, 0) is 31.9 Å². The highest BCUT2D eigenvalue weighted by molar-refractivity contribution is 5.24. The van der Waals surface area contributed by atoms with Gasteiger partial charge in [0.05, 0.1) is 0 Å². The Morgan fingerprint density at radius 1 is 1.31 bits per heavy atom. The molecule has 1 unspecified atom stereocenters. The van der Waals surface area contributed by atoms with E-state index in [2.05, 4.69) is 19.2 Å². The van der Waals surface area contributed by atoms with Gasteiger partial charge in [0.15, 0.2) is 0 Å². The minimum Gasteiger partial charge on any atom is -0.315 e. The van der Waals surface area contributed by atoms with Crippen molar-refractivity contribution in [3.05, 3.63) is 35.4 Å². The van der Waals surface area contributed by atoms with Crippen molar-refractivity contribution in [2.45, 2.75) is 39.2 Å². The SMILES string of the molecule is CCNC(C)CCc1cccc(C(F)F)c1. The van der Waals surface area contributed by atoms with Crippen molar-refractivity contribution >= 4 is 0 Å². The second-order valence-corrected chi connectivity index (χ2v) is 4.04. The molecule has 1 atom stereocenters. The van der Waals surface area contributed by atoms with Gasteiger partial charge >= 0.3 is 0 Å². The quantitative estimate of drug-likeness (QED) is 0.783. The first-order valence-corrected chi connectivity index (χ1v) is 5.73. The van der Waals surface area contributed by atoms with Crippen LogP contribution in [-0.2, 0) is 6.42 Å². The standard InChI is InChI=1S/C13H19F2N/c1-3-16-10(2)7-8-11-5-4-6-12(9-11)13(14)15/h4-6,9-10,13,16H,3,7-8H2,1-2H3. The van der Waals surface area contributed by atoms with Crippen LogP contribution in [-0.4, -0.2) is 12.6 Å². The Bertz CT molecular complexity index is 313. The average molecular weight is 227 g/mol. The lowest BCUT2D eigenvalue weighted by Crippen LogP contribution is -2.25. The van der Waals surface area contributed by atoms with Crippen LogP contribution in [0, 0.1) is 0 Å². The van der Waals surface area contributed by atoms with Crippen LogP contribution in [0.2, 0.25) is 0 Å². The predicted octanol–water partition coefficient (Wildman–Crippen LogP) is 3.55. The highest BCUT2D eigenvalue weighted by Crippen LogP contribution is 2.20. The first-order valence-electron chi connectivity index (χ1n) is 5.73. The third-order valence-electron chi connectivity index (χ3n) is 2.62. The van der Waals surface area contributed by atoms with Gasteiger partial charge in [-0.1, -0.05) is 31.2 Å². The van der Waals surface area contributed by atoms with E-state index in [1.807, 2.05) is 6.07 Å². The molecule has 0 aliphatic rings. The molecule has 0 aromatic heterocycles. The number of rotatable bonds is 6. The maximum atomic E-state index is 12.5. The summed E-state index contributed by atoms with van der Waals surface area (Å²) >= 11 is 0. The molecular formula is C13H19F2N. The molecule has 0 aliphatic heterocycles. The summed E-state index contributed by atoms with van der Waals surface area (Å²) in [4.78, 5) is 0. The summed E-state index contributed by atoms with van der Waals surface area (Å²) in [7, 11) is 0. The van der Waals surface area contributed by atoms with Crippen molar-refractivity contribution in [1.82, 2.24) is 5.32 Å². The van der Waals surface area contributed by atoms with Gasteiger partial charge in [-0.15, -0.1) is 0 Å². The molecule has 90 valence electrons. The fraction of sp³-hybridized carbons (Fsp3) is 0.538. The summed E-state index contributed by atoms with van der Waals surface area (Å²) in [5.41, 5.74) is 1.11. The third-order valence-corrected chi connectivity index (χ3v) is 2.62. The molecule has 0 heterocycles. The Labute approximate surface area is 95.9 Å². The molecule has 0 saturated heterocycles. The van der Waals surface area contributed by atoms with E-state index in [9.17, 15) is 8.78 Å². The van der Waals surface area contributed by atoms with Gasteiger partial charge < -0.3 is 5.32 Å². The van der Waals surface area contributed by atoms with Crippen molar-refractivity contribution < 1.29 is 8.78 Å². The van der Waals surface area contributed by atoms with Crippen LogP contribution in [0.3, 0.4) is 0 Å². The molecule has 0 amide bonds. The summed E-state index contributed by atoms with van der Waals surface area (Å²) in [5, 5.41) is 3.30. The van der Waals surface area contributed by atoms with Crippen LogP contribution in [0.4, 0.5) is 8.78 Å². The molecule has 0 fully saturated rings. The Morgan fingerprint density at radius 3 is 2.69 bits per heavy atom. The topological polar surface area (TPSA) is 12.0 Å². The number of aryl methyl sites for hydroxylation is 1. The monoisotopic (exact) mass is 227 g/mol. The van der Waals surface area contributed by atoms with Gasteiger partial charge in [-0.3, -0.25) is 0 Å². The smallest absolute Gasteiger partial charge is 0.263 e. The lowest BCUT2D eigenvalue weighted by molar-refractivity contribution is 0.151. The lowest BCUT2D eigenvalue weighted by Gasteiger charge is -2.12. The highest BCUT2D eigenvalue weighted by atomic mass is 19.3. The molecule has 1 aromatic rings. The van der Waals surface area contributed by atoms with Crippen molar-refractivity contribution in [3.8, 4) is 0 Å². The number of benzene rings is 1. The Morgan fingerprint density at radius 2 is 2.06 bits per heavy atom. The molecule has 0 spiro atoms. The maximum Gasteiger partial charge on any atom is 0.263 e. The van der Waals surface area contributed by atoms with E-state index in [0.29, 0.717) is 6.04 Å². The zero-order valence-electron chi connectivity index (χ0n) is 9.84. The van der Waals surface area contributed by atoms with Crippen LogP contribution >= 0.6 is 0 Å². The van der Waals surface area contributed by atoms with Gasteiger partial charge in [0.1, 0.15) is 0 Å². The molecule has 1 nitrogen and oxygen atoms in total. The van der Waals surface area contributed by atoms with Crippen LogP contribution in [0.25, 0.3) is 0 Å². The fourth-order valence-electron chi connectivity index (χ4n) is 1.72. The van der Waals surface area contributed by atoms with Crippen LogP contribution < -0.4 is 5.32 Å². The molecule has 0 radical (unpaired) electrons. The molecule has 0 aliphatic carbocycles. The first-order chi connectivity index (χ1) is 7.63. The number of nitrogens with one attached hydrogen (secondary N) is 1. The van der Waals surface area contributed by atoms with Gasteiger partial charge in [0.25, 0.3) is 6.43 Å². The second-order valence-electron chi connectivity index (χ2n) is 4.04. The van der Waals surface area contributed by atoms with Crippen LogP contribution in [0.1, 0.15) is 37.8 Å². The number of hydrogen-bond donors (Lipinski definition) is 1. The predicted molar refractivity (Wildman–Crippen MR) is 62.9 cm³/mol. The third kappa shape index (κ3) is 4.27. The van der Waals surface area contributed by atoms with Crippen molar-refractivity contribution in [2.75, 3.05) is 6.54 Å². The zero-order valence-corrected chi connectivity index (χ0v) is 9.84.